The highest BCUT2D eigenvalue weighted by molar-refractivity contribution is 5.90. The van der Waals surface area contributed by atoms with E-state index < -0.39 is 0 Å². The number of hydrogen-bond acceptors (Lipinski definition) is 5. The minimum absolute atomic E-state index is 0.0375. The van der Waals surface area contributed by atoms with Gasteiger partial charge in [-0.05, 0) is 30.4 Å². The predicted octanol–water partition coefficient (Wildman–Crippen LogP) is 0.899. The van der Waals surface area contributed by atoms with Gasteiger partial charge in [0, 0.05) is 32.2 Å². The number of rotatable bonds is 5. The maximum atomic E-state index is 12.4. The van der Waals surface area contributed by atoms with E-state index in [9.17, 15) is 4.79 Å². The first-order chi connectivity index (χ1) is 12.2. The summed E-state index contributed by atoms with van der Waals surface area (Å²) in [5, 5.41) is 6.42. The third-order valence-corrected chi connectivity index (χ3v) is 5.45. The number of amides is 1. The van der Waals surface area contributed by atoms with Crippen molar-refractivity contribution >= 4 is 5.91 Å². The molecule has 132 valence electrons. The molecule has 1 aromatic carbocycles. The van der Waals surface area contributed by atoms with Gasteiger partial charge in [-0.15, -0.1) is 0 Å². The molecule has 2 unspecified atom stereocenters. The summed E-state index contributed by atoms with van der Waals surface area (Å²) < 4.78 is 0. The van der Waals surface area contributed by atoms with Crippen LogP contribution >= 0.6 is 0 Å². The van der Waals surface area contributed by atoms with E-state index in [4.69, 9.17) is 5.73 Å². The van der Waals surface area contributed by atoms with Gasteiger partial charge in [-0.1, -0.05) is 30.3 Å². The van der Waals surface area contributed by atoms with Crippen molar-refractivity contribution in [2.45, 2.75) is 12.5 Å². The molecule has 2 fully saturated rings. The van der Waals surface area contributed by atoms with Crippen LogP contribution in [0.5, 0.6) is 0 Å². The van der Waals surface area contributed by atoms with Crippen LogP contribution in [0.25, 0.3) is 0 Å². The van der Waals surface area contributed by atoms with Crippen molar-refractivity contribution in [3.8, 4) is 0 Å². The number of nitrogens with one attached hydrogen (secondary N) is 1. The van der Waals surface area contributed by atoms with E-state index >= 15 is 0 Å². The molecule has 4 rings (SSSR count). The molecule has 7 heteroatoms. The second kappa shape index (κ2) is 6.93. The van der Waals surface area contributed by atoms with Crippen LogP contribution in [0.4, 0.5) is 0 Å². The summed E-state index contributed by atoms with van der Waals surface area (Å²) >= 11 is 0. The van der Waals surface area contributed by atoms with Crippen LogP contribution in [-0.4, -0.2) is 63.6 Å². The zero-order valence-corrected chi connectivity index (χ0v) is 14.2. The molecule has 25 heavy (non-hydrogen) atoms. The molecule has 2 aromatic rings. The van der Waals surface area contributed by atoms with Gasteiger partial charge in [0.1, 0.15) is 6.33 Å². The van der Waals surface area contributed by atoms with E-state index in [1.807, 2.05) is 23.1 Å². The molecule has 0 saturated carbocycles. The predicted molar refractivity (Wildman–Crippen MR) is 93.7 cm³/mol. The summed E-state index contributed by atoms with van der Waals surface area (Å²) in [5.74, 6) is 1.41. The fourth-order valence-corrected chi connectivity index (χ4v) is 4.09. The van der Waals surface area contributed by atoms with Crippen LogP contribution < -0.4 is 5.73 Å². The molecule has 0 spiro atoms. The summed E-state index contributed by atoms with van der Waals surface area (Å²) in [7, 11) is 0. The summed E-state index contributed by atoms with van der Waals surface area (Å²) in [6, 6.07) is 10.4. The van der Waals surface area contributed by atoms with E-state index in [0.717, 1.165) is 39.1 Å². The van der Waals surface area contributed by atoms with Gasteiger partial charge in [0.25, 0.3) is 5.91 Å². The summed E-state index contributed by atoms with van der Waals surface area (Å²) in [5.41, 5.74) is 7.51. The number of aromatic nitrogens is 3. The molecule has 0 bridgehead atoms. The largest absolute Gasteiger partial charge is 0.335 e. The maximum Gasteiger partial charge on any atom is 0.291 e. The standard InChI is InChI=1S/C18H24N6O/c19-16(13-4-2-1-3-5-13)6-7-23-8-14-10-24(11-15(14)9-23)18(25)17-20-12-21-22-17/h1-5,12,14-16H,6-11,19H2,(H,20,21,22)/t14?,15?,16-/m0/s1. The van der Waals surface area contributed by atoms with Crippen LogP contribution in [0.1, 0.15) is 28.6 Å². The fourth-order valence-electron chi connectivity index (χ4n) is 4.09. The van der Waals surface area contributed by atoms with Gasteiger partial charge in [0.15, 0.2) is 0 Å². The number of likely N-dealkylation sites (tertiary alicyclic amines) is 2. The van der Waals surface area contributed by atoms with Gasteiger partial charge in [-0.2, -0.15) is 5.10 Å². The molecule has 3 N–H and O–H groups in total. The minimum atomic E-state index is -0.0375. The highest BCUT2D eigenvalue weighted by atomic mass is 16.2. The number of hydrogen-bond donors (Lipinski definition) is 2. The lowest BCUT2D eigenvalue weighted by Crippen LogP contribution is -2.34. The van der Waals surface area contributed by atoms with Crippen molar-refractivity contribution in [2.24, 2.45) is 17.6 Å². The Morgan fingerprint density at radius 3 is 2.56 bits per heavy atom. The number of nitrogens with two attached hydrogens (primary N) is 1. The molecular formula is C18H24N6O. The summed E-state index contributed by atoms with van der Waals surface area (Å²) in [4.78, 5) is 20.7. The van der Waals surface area contributed by atoms with Gasteiger partial charge in [-0.3, -0.25) is 9.89 Å². The van der Waals surface area contributed by atoms with E-state index in [-0.39, 0.29) is 11.9 Å². The zero-order chi connectivity index (χ0) is 17.2. The number of fused-ring (bicyclic) bond motifs is 1. The Labute approximate surface area is 147 Å². The second-order valence-corrected chi connectivity index (χ2v) is 7.13. The third kappa shape index (κ3) is 3.43. The van der Waals surface area contributed by atoms with Crippen molar-refractivity contribution in [2.75, 3.05) is 32.7 Å². The molecule has 2 aliphatic heterocycles. The monoisotopic (exact) mass is 340 g/mol. The number of carbonyl (C=O) groups excluding carboxylic acids is 1. The highest BCUT2D eigenvalue weighted by Gasteiger charge is 2.41. The topological polar surface area (TPSA) is 91.1 Å². The Kier molecular flexibility index (Phi) is 4.50. The lowest BCUT2D eigenvalue weighted by Gasteiger charge is -2.22. The van der Waals surface area contributed by atoms with Crippen molar-refractivity contribution in [1.82, 2.24) is 25.0 Å². The average molecular weight is 340 g/mol. The van der Waals surface area contributed by atoms with Crippen molar-refractivity contribution in [1.29, 1.82) is 0 Å². The number of aromatic amines is 1. The Morgan fingerprint density at radius 1 is 1.20 bits per heavy atom. The molecule has 1 amide bonds. The molecule has 7 nitrogen and oxygen atoms in total. The fraction of sp³-hybridized carbons (Fsp3) is 0.500. The van der Waals surface area contributed by atoms with Crippen molar-refractivity contribution in [3.05, 3.63) is 48.0 Å². The van der Waals surface area contributed by atoms with E-state index in [1.54, 1.807) is 0 Å². The number of carbonyl (C=O) groups is 1. The Hall–Kier alpha value is -2.25. The lowest BCUT2D eigenvalue weighted by atomic mass is 10.0. The smallest absolute Gasteiger partial charge is 0.291 e. The van der Waals surface area contributed by atoms with E-state index in [1.165, 1.54) is 11.9 Å². The molecule has 3 heterocycles. The molecule has 0 radical (unpaired) electrons. The normalized spacial score (nSPS) is 24.4. The number of H-pyrrole nitrogens is 1. The van der Waals surface area contributed by atoms with Crippen molar-refractivity contribution in [3.63, 3.8) is 0 Å². The summed E-state index contributed by atoms with van der Waals surface area (Å²) in [6.07, 6.45) is 2.34. The Balaban J connectivity index is 1.26. The molecule has 0 aliphatic carbocycles. The molecule has 2 saturated heterocycles. The number of benzene rings is 1. The maximum absolute atomic E-state index is 12.4. The van der Waals surface area contributed by atoms with Crippen LogP contribution in [0.15, 0.2) is 36.7 Å². The zero-order valence-electron chi connectivity index (χ0n) is 14.2. The number of nitrogens with zero attached hydrogens (tertiary/aromatic N) is 4. The van der Waals surface area contributed by atoms with Crippen LogP contribution in [-0.2, 0) is 0 Å². The first-order valence-corrected chi connectivity index (χ1v) is 8.88. The summed E-state index contributed by atoms with van der Waals surface area (Å²) in [6.45, 7) is 4.73. The second-order valence-electron chi connectivity index (χ2n) is 7.13. The van der Waals surface area contributed by atoms with Crippen LogP contribution in [0, 0.1) is 11.8 Å². The van der Waals surface area contributed by atoms with Gasteiger partial charge < -0.3 is 15.5 Å². The van der Waals surface area contributed by atoms with Gasteiger partial charge in [-0.25, -0.2) is 4.98 Å². The Bertz CT molecular complexity index is 690. The average Bonchev–Trinajstić information content (AvgIpc) is 3.35. The van der Waals surface area contributed by atoms with E-state index in [2.05, 4.69) is 32.2 Å². The lowest BCUT2D eigenvalue weighted by molar-refractivity contribution is 0.0762. The molecular weight excluding hydrogens is 316 g/mol. The first-order valence-electron chi connectivity index (χ1n) is 8.88. The molecule has 1 aromatic heterocycles. The van der Waals surface area contributed by atoms with Gasteiger partial charge in [0.05, 0.1) is 0 Å². The Morgan fingerprint density at radius 2 is 1.92 bits per heavy atom. The van der Waals surface area contributed by atoms with Gasteiger partial charge >= 0.3 is 0 Å². The highest BCUT2D eigenvalue weighted by Crippen LogP contribution is 2.32. The molecule has 3 atom stereocenters. The third-order valence-electron chi connectivity index (χ3n) is 5.45. The van der Waals surface area contributed by atoms with E-state index in [0.29, 0.717) is 17.7 Å². The SMILES string of the molecule is N[C@@H](CCN1CC2CN(C(=O)c3ncn[nH]3)CC2C1)c1ccccc1. The first kappa shape index (κ1) is 16.2. The minimum Gasteiger partial charge on any atom is -0.335 e. The van der Waals surface area contributed by atoms with Crippen LogP contribution in [0.2, 0.25) is 0 Å². The molecule has 2 aliphatic rings. The quantitative estimate of drug-likeness (QED) is 0.844. The van der Waals surface area contributed by atoms with Gasteiger partial charge in [0.2, 0.25) is 5.82 Å². The van der Waals surface area contributed by atoms with Crippen molar-refractivity contribution < 1.29 is 4.79 Å². The van der Waals surface area contributed by atoms with Crippen LogP contribution in [0.3, 0.4) is 0 Å².